The van der Waals surface area contributed by atoms with Crippen LogP contribution in [0.15, 0.2) is 36.5 Å². The monoisotopic (exact) mass is 422 g/mol. The number of halogens is 2. The molecule has 1 aliphatic rings. The second-order valence-electron chi connectivity index (χ2n) is 7.03. The Morgan fingerprint density at radius 2 is 1.72 bits per heavy atom. The molecule has 3 aromatic rings. The molecule has 1 N–H and O–H groups in total. The van der Waals surface area contributed by atoms with E-state index in [1.807, 2.05) is 12.1 Å². The summed E-state index contributed by atoms with van der Waals surface area (Å²) in [5.74, 6) is -3.12. The molecule has 1 aromatic heterocycles. The highest BCUT2D eigenvalue weighted by Crippen LogP contribution is 2.30. The lowest BCUT2D eigenvalue weighted by Crippen LogP contribution is -2.34. The van der Waals surface area contributed by atoms with Crippen LogP contribution in [0.2, 0.25) is 0 Å². The van der Waals surface area contributed by atoms with E-state index in [1.54, 1.807) is 12.1 Å². The maximum Gasteiger partial charge on any atom is 0.211 e. The first-order chi connectivity index (χ1) is 13.8. The van der Waals surface area contributed by atoms with E-state index in [9.17, 15) is 22.3 Å². The lowest BCUT2D eigenvalue weighted by molar-refractivity contribution is 0.399. The summed E-state index contributed by atoms with van der Waals surface area (Å²) in [5, 5.41) is 13.9. The van der Waals surface area contributed by atoms with Gasteiger partial charge in [-0.25, -0.2) is 26.2 Å². The van der Waals surface area contributed by atoms with Gasteiger partial charge in [0.05, 0.1) is 18.1 Å². The summed E-state index contributed by atoms with van der Waals surface area (Å²) in [6.07, 6.45) is 3.27. The number of sulfonamides is 1. The zero-order valence-corrected chi connectivity index (χ0v) is 16.5. The first kappa shape index (κ1) is 19.6. The first-order valence-electron chi connectivity index (χ1n) is 9.11. The minimum Gasteiger partial charge on any atom is -0.503 e. The molecule has 0 spiro atoms. The van der Waals surface area contributed by atoms with Crippen molar-refractivity contribution in [2.45, 2.75) is 6.42 Å². The van der Waals surface area contributed by atoms with E-state index in [1.165, 1.54) is 21.4 Å². The Bertz CT molecular complexity index is 1160. The number of aromatic nitrogens is 2. The topological polar surface area (TPSA) is 78.7 Å². The van der Waals surface area contributed by atoms with Crippen molar-refractivity contribution in [3.8, 4) is 11.4 Å². The van der Waals surface area contributed by atoms with Gasteiger partial charge < -0.3 is 10.0 Å². The number of phenolic OH excluding ortho intramolecular Hbond substituents is 1. The third-order valence-corrected chi connectivity index (χ3v) is 6.41. The van der Waals surface area contributed by atoms with Gasteiger partial charge in [-0.2, -0.15) is 5.10 Å². The summed E-state index contributed by atoms with van der Waals surface area (Å²) < 4.78 is 54.2. The lowest BCUT2D eigenvalue weighted by atomic mass is 10.2. The maximum absolute atomic E-state index is 14.4. The van der Waals surface area contributed by atoms with E-state index in [4.69, 9.17) is 0 Å². The zero-order chi connectivity index (χ0) is 20.8. The Balaban J connectivity index is 1.61. The van der Waals surface area contributed by atoms with Crippen LogP contribution in [0.4, 0.5) is 14.5 Å². The predicted molar refractivity (Wildman–Crippen MR) is 106 cm³/mol. The molecule has 0 atom stereocenters. The Hall–Kier alpha value is -2.72. The lowest BCUT2D eigenvalue weighted by Gasteiger charge is -2.23. The molecular weight excluding hydrogens is 402 g/mol. The fraction of sp³-hybridized carbons (Fsp3) is 0.316. The van der Waals surface area contributed by atoms with Crippen molar-refractivity contribution in [2.75, 3.05) is 37.3 Å². The van der Waals surface area contributed by atoms with Crippen LogP contribution in [-0.2, 0) is 10.0 Å². The number of anilines is 1. The van der Waals surface area contributed by atoms with E-state index in [0.717, 1.165) is 18.3 Å². The molecule has 1 saturated heterocycles. The average Bonchev–Trinajstić information content (AvgIpc) is 2.93. The van der Waals surface area contributed by atoms with Gasteiger partial charge in [0.25, 0.3) is 0 Å². The maximum atomic E-state index is 14.4. The molecule has 2 aromatic carbocycles. The summed E-state index contributed by atoms with van der Waals surface area (Å²) in [5.41, 5.74) is 1.46. The van der Waals surface area contributed by atoms with Crippen molar-refractivity contribution in [2.24, 2.45) is 0 Å². The normalized spacial score (nSPS) is 16.3. The summed E-state index contributed by atoms with van der Waals surface area (Å²) >= 11 is 0. The highest BCUT2D eigenvalue weighted by molar-refractivity contribution is 7.88. The second kappa shape index (κ2) is 7.27. The van der Waals surface area contributed by atoms with E-state index < -0.39 is 27.4 Å². The fourth-order valence-corrected chi connectivity index (χ4v) is 4.47. The molecule has 0 radical (unpaired) electrons. The van der Waals surface area contributed by atoms with Gasteiger partial charge >= 0.3 is 0 Å². The minimum atomic E-state index is -3.21. The minimum absolute atomic E-state index is 0.00443. The molecule has 1 fully saturated rings. The molecule has 10 heteroatoms. The molecule has 1 aliphatic heterocycles. The van der Waals surface area contributed by atoms with Gasteiger partial charge in [0, 0.05) is 37.3 Å². The molecule has 0 unspecified atom stereocenters. The predicted octanol–water partition coefficient (Wildman–Crippen LogP) is 2.48. The summed E-state index contributed by atoms with van der Waals surface area (Å²) in [7, 11) is -3.21. The number of rotatable bonds is 3. The van der Waals surface area contributed by atoms with Crippen LogP contribution in [0.1, 0.15) is 6.42 Å². The van der Waals surface area contributed by atoms with Crippen molar-refractivity contribution in [3.63, 3.8) is 0 Å². The molecule has 0 saturated carbocycles. The molecule has 154 valence electrons. The van der Waals surface area contributed by atoms with Crippen molar-refractivity contribution < 1.29 is 22.3 Å². The van der Waals surface area contributed by atoms with Crippen LogP contribution in [0.5, 0.6) is 5.75 Å². The van der Waals surface area contributed by atoms with Gasteiger partial charge in [0.2, 0.25) is 10.0 Å². The van der Waals surface area contributed by atoms with Crippen molar-refractivity contribution >= 4 is 26.6 Å². The number of phenols is 1. The molecule has 0 amide bonds. The van der Waals surface area contributed by atoms with Crippen molar-refractivity contribution in [3.05, 3.63) is 48.2 Å². The highest BCUT2D eigenvalue weighted by atomic mass is 32.2. The molecule has 0 aliphatic carbocycles. The smallest absolute Gasteiger partial charge is 0.211 e. The SMILES string of the molecule is CS(=O)(=O)N1CCCN(c2ccc(-n3ncc4cc(F)c(O)c(F)c43)cc2)CC1. The molecule has 29 heavy (non-hydrogen) atoms. The van der Waals surface area contributed by atoms with E-state index in [-0.39, 0.29) is 10.9 Å². The van der Waals surface area contributed by atoms with Crippen LogP contribution in [0.25, 0.3) is 16.6 Å². The van der Waals surface area contributed by atoms with Gasteiger partial charge in [-0.05, 0) is 36.8 Å². The van der Waals surface area contributed by atoms with Crippen LogP contribution in [0, 0.1) is 11.6 Å². The van der Waals surface area contributed by atoms with Gasteiger partial charge in [0.1, 0.15) is 5.52 Å². The zero-order valence-electron chi connectivity index (χ0n) is 15.7. The van der Waals surface area contributed by atoms with E-state index in [0.29, 0.717) is 31.7 Å². The molecule has 0 bridgehead atoms. The summed E-state index contributed by atoms with van der Waals surface area (Å²) in [4.78, 5) is 2.10. The van der Waals surface area contributed by atoms with Crippen LogP contribution >= 0.6 is 0 Å². The Kier molecular flexibility index (Phi) is 4.91. The van der Waals surface area contributed by atoms with E-state index in [2.05, 4.69) is 10.00 Å². The van der Waals surface area contributed by atoms with Crippen LogP contribution in [0.3, 0.4) is 0 Å². The fourth-order valence-electron chi connectivity index (χ4n) is 3.59. The number of benzene rings is 2. The number of hydrogen-bond donors (Lipinski definition) is 1. The Labute approximate surface area is 166 Å². The average molecular weight is 422 g/mol. The quantitative estimate of drug-likeness (QED) is 0.702. The van der Waals surface area contributed by atoms with Crippen LogP contribution in [-0.4, -0.2) is 60.0 Å². The van der Waals surface area contributed by atoms with Crippen molar-refractivity contribution in [1.82, 2.24) is 14.1 Å². The summed E-state index contributed by atoms with van der Waals surface area (Å²) in [6, 6.07) is 8.23. The van der Waals surface area contributed by atoms with Gasteiger partial charge in [-0.1, -0.05) is 0 Å². The largest absolute Gasteiger partial charge is 0.503 e. The van der Waals surface area contributed by atoms with E-state index >= 15 is 0 Å². The molecule has 4 rings (SSSR count). The standard InChI is InChI=1S/C19H20F2N4O3S/c1-29(27,28)24-8-2-7-23(9-10-24)14-3-5-15(6-4-14)25-18-13(12-22-25)11-16(20)19(26)17(18)21/h3-6,11-12,26H,2,7-10H2,1H3. The number of aromatic hydroxyl groups is 1. The third-order valence-electron chi connectivity index (χ3n) is 5.11. The highest BCUT2D eigenvalue weighted by Gasteiger charge is 2.22. The van der Waals surface area contributed by atoms with Gasteiger partial charge in [-0.15, -0.1) is 0 Å². The molecule has 2 heterocycles. The Morgan fingerprint density at radius 1 is 1.03 bits per heavy atom. The number of nitrogens with zero attached hydrogens (tertiary/aromatic N) is 4. The summed E-state index contributed by atoms with van der Waals surface area (Å²) in [6.45, 7) is 2.20. The van der Waals surface area contributed by atoms with Crippen LogP contribution < -0.4 is 4.90 Å². The molecule has 7 nitrogen and oxygen atoms in total. The number of fused-ring (bicyclic) bond motifs is 1. The Morgan fingerprint density at radius 3 is 2.41 bits per heavy atom. The third kappa shape index (κ3) is 3.65. The van der Waals surface area contributed by atoms with Gasteiger partial charge in [0.15, 0.2) is 17.4 Å². The molecular formula is C19H20F2N4O3S. The van der Waals surface area contributed by atoms with Crippen molar-refractivity contribution in [1.29, 1.82) is 0 Å². The number of hydrogen-bond acceptors (Lipinski definition) is 5. The second-order valence-corrected chi connectivity index (χ2v) is 9.02. The van der Waals surface area contributed by atoms with Gasteiger partial charge in [-0.3, -0.25) is 0 Å². The first-order valence-corrected chi connectivity index (χ1v) is 11.0.